The van der Waals surface area contributed by atoms with Crippen molar-refractivity contribution in [2.24, 2.45) is 0 Å². The van der Waals surface area contributed by atoms with E-state index in [4.69, 9.17) is 4.74 Å². The molecule has 1 aliphatic heterocycles. The zero-order valence-electron chi connectivity index (χ0n) is 9.46. The normalized spacial score (nSPS) is 26.0. The number of amides is 1. The number of nitrogens with one attached hydrogen (secondary N) is 1. The molecule has 1 atom stereocenters. The lowest BCUT2D eigenvalue weighted by Gasteiger charge is -2.44. The molecule has 0 aromatic rings. The molecule has 0 spiro atoms. The minimum absolute atomic E-state index is 0.154. The first-order valence-electron chi connectivity index (χ1n) is 5.15. The van der Waals surface area contributed by atoms with Crippen molar-refractivity contribution >= 4 is 6.09 Å². The zero-order valence-corrected chi connectivity index (χ0v) is 9.46. The summed E-state index contributed by atoms with van der Waals surface area (Å²) in [7, 11) is 0. The molecule has 0 bridgehead atoms. The van der Waals surface area contributed by atoms with Gasteiger partial charge in [-0.3, -0.25) is 0 Å². The SMILES string of the molecule is CCOC(=O)N1CC(C)NCC1(C)C. The van der Waals surface area contributed by atoms with E-state index in [1.807, 2.05) is 20.8 Å². The molecule has 1 rings (SSSR count). The third kappa shape index (κ3) is 2.38. The van der Waals surface area contributed by atoms with Crippen LogP contribution in [0.5, 0.6) is 0 Å². The Morgan fingerprint density at radius 1 is 1.64 bits per heavy atom. The maximum Gasteiger partial charge on any atom is 0.410 e. The van der Waals surface area contributed by atoms with E-state index >= 15 is 0 Å². The summed E-state index contributed by atoms with van der Waals surface area (Å²) in [4.78, 5) is 13.4. The zero-order chi connectivity index (χ0) is 10.8. The van der Waals surface area contributed by atoms with Gasteiger partial charge in [-0.2, -0.15) is 0 Å². The Kier molecular flexibility index (Phi) is 3.37. The quantitative estimate of drug-likeness (QED) is 0.692. The van der Waals surface area contributed by atoms with Crippen LogP contribution < -0.4 is 5.32 Å². The van der Waals surface area contributed by atoms with Crippen LogP contribution in [0, 0.1) is 0 Å². The molecule has 0 aromatic carbocycles. The molecule has 0 radical (unpaired) electrons. The van der Waals surface area contributed by atoms with E-state index in [0.717, 1.165) is 6.54 Å². The first kappa shape index (κ1) is 11.3. The van der Waals surface area contributed by atoms with Crippen LogP contribution in [-0.4, -0.2) is 42.3 Å². The number of carbonyl (C=O) groups excluding carboxylic acids is 1. The van der Waals surface area contributed by atoms with E-state index in [9.17, 15) is 4.79 Å². The summed E-state index contributed by atoms with van der Waals surface area (Å²) >= 11 is 0. The third-order valence-electron chi connectivity index (χ3n) is 2.56. The maximum atomic E-state index is 11.6. The second kappa shape index (κ2) is 4.17. The van der Waals surface area contributed by atoms with Gasteiger partial charge in [0.1, 0.15) is 0 Å². The van der Waals surface area contributed by atoms with Gasteiger partial charge >= 0.3 is 6.09 Å². The van der Waals surface area contributed by atoms with Gasteiger partial charge in [-0.25, -0.2) is 4.79 Å². The number of rotatable bonds is 1. The van der Waals surface area contributed by atoms with Crippen LogP contribution in [0.25, 0.3) is 0 Å². The maximum absolute atomic E-state index is 11.6. The number of ether oxygens (including phenoxy) is 1. The molecule has 4 heteroatoms. The Morgan fingerprint density at radius 3 is 2.86 bits per heavy atom. The topological polar surface area (TPSA) is 41.6 Å². The molecule has 1 N–H and O–H groups in total. The molecule has 0 saturated carbocycles. The van der Waals surface area contributed by atoms with E-state index < -0.39 is 0 Å². The molecular formula is C10H20N2O2. The molecule has 0 aliphatic carbocycles. The summed E-state index contributed by atoms with van der Waals surface area (Å²) in [5.74, 6) is 0. The van der Waals surface area contributed by atoms with Crippen LogP contribution >= 0.6 is 0 Å². The third-order valence-corrected chi connectivity index (χ3v) is 2.56. The summed E-state index contributed by atoms with van der Waals surface area (Å²) in [6, 6.07) is 0.340. The number of nitrogens with zero attached hydrogens (tertiary/aromatic N) is 1. The summed E-state index contributed by atoms with van der Waals surface area (Å²) in [6.07, 6.45) is -0.203. The lowest BCUT2D eigenvalue weighted by Crippen LogP contribution is -2.62. The fourth-order valence-corrected chi connectivity index (χ4v) is 1.63. The molecule has 1 unspecified atom stereocenters. The highest BCUT2D eigenvalue weighted by Crippen LogP contribution is 2.19. The van der Waals surface area contributed by atoms with E-state index in [1.165, 1.54) is 0 Å². The van der Waals surface area contributed by atoms with Crippen LogP contribution in [-0.2, 0) is 4.74 Å². The summed E-state index contributed by atoms with van der Waals surface area (Å²) < 4.78 is 5.02. The van der Waals surface area contributed by atoms with E-state index in [0.29, 0.717) is 19.2 Å². The first-order valence-corrected chi connectivity index (χ1v) is 5.15. The standard InChI is InChI=1S/C10H20N2O2/c1-5-14-9(13)12-6-8(2)11-7-10(12,3)4/h8,11H,5-7H2,1-4H3. The van der Waals surface area contributed by atoms with Crippen molar-refractivity contribution in [3.8, 4) is 0 Å². The molecule has 1 fully saturated rings. The van der Waals surface area contributed by atoms with Crippen LogP contribution in [0.4, 0.5) is 4.79 Å². The van der Waals surface area contributed by atoms with Crippen molar-refractivity contribution in [3.05, 3.63) is 0 Å². The van der Waals surface area contributed by atoms with E-state index in [1.54, 1.807) is 4.90 Å². The monoisotopic (exact) mass is 200 g/mol. The second-order valence-corrected chi connectivity index (χ2v) is 4.40. The van der Waals surface area contributed by atoms with Crippen LogP contribution in [0.2, 0.25) is 0 Å². The summed E-state index contributed by atoms with van der Waals surface area (Å²) in [6.45, 7) is 9.95. The molecule has 1 aliphatic rings. The molecule has 4 nitrogen and oxygen atoms in total. The van der Waals surface area contributed by atoms with E-state index in [-0.39, 0.29) is 11.6 Å². The number of hydrogen-bond donors (Lipinski definition) is 1. The van der Waals surface area contributed by atoms with Crippen molar-refractivity contribution in [2.75, 3.05) is 19.7 Å². The highest BCUT2D eigenvalue weighted by molar-refractivity contribution is 5.68. The van der Waals surface area contributed by atoms with Gasteiger partial charge in [0.05, 0.1) is 12.1 Å². The van der Waals surface area contributed by atoms with Crippen molar-refractivity contribution in [2.45, 2.75) is 39.3 Å². The predicted octanol–water partition coefficient (Wildman–Crippen LogP) is 1.22. The van der Waals surface area contributed by atoms with Gasteiger partial charge < -0.3 is 15.0 Å². The van der Waals surface area contributed by atoms with Crippen molar-refractivity contribution in [1.29, 1.82) is 0 Å². The Bertz CT molecular complexity index is 216. The Hall–Kier alpha value is -0.770. The van der Waals surface area contributed by atoms with Crippen molar-refractivity contribution < 1.29 is 9.53 Å². The van der Waals surface area contributed by atoms with Gasteiger partial charge in [-0.05, 0) is 27.7 Å². The predicted molar refractivity (Wildman–Crippen MR) is 55.3 cm³/mol. The van der Waals surface area contributed by atoms with Gasteiger partial charge in [0, 0.05) is 19.1 Å². The number of piperazine rings is 1. The van der Waals surface area contributed by atoms with Gasteiger partial charge in [0.25, 0.3) is 0 Å². The average molecular weight is 200 g/mol. The van der Waals surface area contributed by atoms with Crippen LogP contribution in [0.1, 0.15) is 27.7 Å². The summed E-state index contributed by atoms with van der Waals surface area (Å²) in [5.41, 5.74) is -0.154. The smallest absolute Gasteiger partial charge is 0.410 e. The summed E-state index contributed by atoms with van der Waals surface area (Å²) in [5, 5.41) is 3.35. The number of carbonyl (C=O) groups is 1. The highest BCUT2D eigenvalue weighted by atomic mass is 16.6. The van der Waals surface area contributed by atoms with Crippen LogP contribution in [0.3, 0.4) is 0 Å². The second-order valence-electron chi connectivity index (χ2n) is 4.40. The first-order chi connectivity index (χ1) is 6.47. The van der Waals surface area contributed by atoms with Gasteiger partial charge in [-0.15, -0.1) is 0 Å². The molecule has 1 heterocycles. The fourth-order valence-electron chi connectivity index (χ4n) is 1.63. The molecule has 82 valence electrons. The Morgan fingerprint density at radius 2 is 2.29 bits per heavy atom. The fraction of sp³-hybridized carbons (Fsp3) is 0.900. The van der Waals surface area contributed by atoms with Gasteiger partial charge in [0.15, 0.2) is 0 Å². The van der Waals surface area contributed by atoms with Gasteiger partial charge in [0.2, 0.25) is 0 Å². The van der Waals surface area contributed by atoms with Crippen LogP contribution in [0.15, 0.2) is 0 Å². The largest absolute Gasteiger partial charge is 0.450 e. The molecular weight excluding hydrogens is 180 g/mol. The molecule has 0 aromatic heterocycles. The molecule has 1 amide bonds. The van der Waals surface area contributed by atoms with Crippen molar-refractivity contribution in [1.82, 2.24) is 10.2 Å². The Labute approximate surface area is 85.6 Å². The lowest BCUT2D eigenvalue weighted by molar-refractivity contribution is 0.0427. The van der Waals surface area contributed by atoms with Gasteiger partial charge in [-0.1, -0.05) is 0 Å². The lowest BCUT2D eigenvalue weighted by atomic mass is 9.99. The molecule has 14 heavy (non-hydrogen) atoms. The minimum atomic E-state index is -0.203. The average Bonchev–Trinajstić information content (AvgIpc) is 2.10. The minimum Gasteiger partial charge on any atom is -0.450 e. The Balaban J connectivity index is 2.67. The van der Waals surface area contributed by atoms with Crippen molar-refractivity contribution in [3.63, 3.8) is 0 Å². The molecule has 1 saturated heterocycles. The number of hydrogen-bond acceptors (Lipinski definition) is 3. The highest BCUT2D eigenvalue weighted by Gasteiger charge is 2.36. The van der Waals surface area contributed by atoms with E-state index in [2.05, 4.69) is 12.2 Å².